The van der Waals surface area contributed by atoms with Crippen molar-refractivity contribution in [2.45, 2.75) is 44.7 Å². The molecule has 5 nitrogen and oxygen atoms in total. The lowest BCUT2D eigenvalue weighted by Gasteiger charge is -2.22. The van der Waals surface area contributed by atoms with Gasteiger partial charge in [-0.05, 0) is 23.4 Å². The highest BCUT2D eigenvalue weighted by Gasteiger charge is 2.24. The van der Waals surface area contributed by atoms with Gasteiger partial charge in [0.15, 0.2) is 0 Å². The Morgan fingerprint density at radius 1 is 1.12 bits per heavy atom. The number of thiophene rings is 1. The van der Waals surface area contributed by atoms with Crippen molar-refractivity contribution in [3.05, 3.63) is 58.3 Å². The molecule has 1 heterocycles. The fraction of sp³-hybridized carbons (Fsp3) is 0.400. The third-order valence-corrected chi connectivity index (χ3v) is 5.06. The van der Waals surface area contributed by atoms with Crippen LogP contribution in [0.5, 0.6) is 0 Å². The smallest absolute Gasteiger partial charge is 0.262 e. The SMILES string of the molecule is CCCCC(CN)NC(=O)C(Cc1ccccc1)NC(=O)c1cccs1. The molecule has 0 bridgehead atoms. The van der Waals surface area contributed by atoms with Gasteiger partial charge in [0.25, 0.3) is 5.91 Å². The Morgan fingerprint density at radius 3 is 2.50 bits per heavy atom. The van der Waals surface area contributed by atoms with E-state index in [-0.39, 0.29) is 17.9 Å². The van der Waals surface area contributed by atoms with Gasteiger partial charge < -0.3 is 16.4 Å². The van der Waals surface area contributed by atoms with Crippen LogP contribution in [0.4, 0.5) is 0 Å². The summed E-state index contributed by atoms with van der Waals surface area (Å²) in [6.07, 6.45) is 3.34. The highest BCUT2D eigenvalue weighted by molar-refractivity contribution is 7.12. The molecular formula is C20H27N3O2S. The van der Waals surface area contributed by atoms with Crippen molar-refractivity contribution in [2.24, 2.45) is 5.73 Å². The molecule has 4 N–H and O–H groups in total. The molecule has 0 fully saturated rings. The third-order valence-electron chi connectivity index (χ3n) is 4.19. The Kier molecular flexibility index (Phi) is 8.31. The predicted molar refractivity (Wildman–Crippen MR) is 106 cm³/mol. The van der Waals surface area contributed by atoms with Crippen molar-refractivity contribution in [2.75, 3.05) is 6.54 Å². The molecule has 0 saturated carbocycles. The lowest BCUT2D eigenvalue weighted by atomic mass is 10.0. The summed E-state index contributed by atoms with van der Waals surface area (Å²) in [5, 5.41) is 7.71. The van der Waals surface area contributed by atoms with Gasteiger partial charge in [0, 0.05) is 19.0 Å². The molecule has 0 spiro atoms. The molecule has 2 atom stereocenters. The van der Waals surface area contributed by atoms with E-state index in [0.29, 0.717) is 17.8 Å². The molecule has 0 radical (unpaired) electrons. The Balaban J connectivity index is 2.08. The van der Waals surface area contributed by atoms with Crippen LogP contribution in [0.1, 0.15) is 41.4 Å². The summed E-state index contributed by atoms with van der Waals surface area (Å²) in [5.41, 5.74) is 6.79. The molecule has 140 valence electrons. The van der Waals surface area contributed by atoms with Gasteiger partial charge in [-0.3, -0.25) is 9.59 Å². The van der Waals surface area contributed by atoms with Gasteiger partial charge >= 0.3 is 0 Å². The molecule has 2 amide bonds. The molecule has 6 heteroatoms. The van der Waals surface area contributed by atoms with Gasteiger partial charge in [0.05, 0.1) is 4.88 Å². The molecule has 2 aromatic rings. The maximum atomic E-state index is 12.8. The van der Waals surface area contributed by atoms with E-state index in [1.807, 2.05) is 41.8 Å². The van der Waals surface area contributed by atoms with E-state index in [4.69, 9.17) is 5.73 Å². The normalized spacial score (nSPS) is 13.0. The third kappa shape index (κ3) is 6.28. The van der Waals surface area contributed by atoms with Crippen molar-refractivity contribution in [1.82, 2.24) is 10.6 Å². The first-order valence-corrected chi connectivity index (χ1v) is 9.90. The molecule has 0 aliphatic carbocycles. The largest absolute Gasteiger partial charge is 0.350 e. The van der Waals surface area contributed by atoms with Crippen LogP contribution in [0, 0.1) is 0 Å². The lowest BCUT2D eigenvalue weighted by molar-refractivity contribution is -0.123. The predicted octanol–water partition coefficient (Wildman–Crippen LogP) is 2.72. The molecule has 1 aromatic heterocycles. The summed E-state index contributed by atoms with van der Waals surface area (Å²) in [4.78, 5) is 25.8. The number of hydrogen-bond acceptors (Lipinski definition) is 4. The first kappa shape index (κ1) is 20.1. The summed E-state index contributed by atoms with van der Waals surface area (Å²) >= 11 is 1.36. The number of carbonyl (C=O) groups is 2. The summed E-state index contributed by atoms with van der Waals surface area (Å²) in [5.74, 6) is -0.417. The number of benzene rings is 1. The first-order valence-electron chi connectivity index (χ1n) is 9.02. The zero-order valence-electron chi connectivity index (χ0n) is 15.1. The summed E-state index contributed by atoms with van der Waals surface area (Å²) < 4.78 is 0. The molecule has 2 rings (SSSR count). The van der Waals surface area contributed by atoms with Crippen LogP contribution >= 0.6 is 11.3 Å². The van der Waals surface area contributed by atoms with Crippen molar-refractivity contribution in [1.29, 1.82) is 0 Å². The van der Waals surface area contributed by atoms with Crippen molar-refractivity contribution in [3.8, 4) is 0 Å². The van der Waals surface area contributed by atoms with E-state index < -0.39 is 6.04 Å². The van der Waals surface area contributed by atoms with Gasteiger partial charge in [-0.2, -0.15) is 0 Å². The number of carbonyl (C=O) groups excluding carboxylic acids is 2. The highest BCUT2D eigenvalue weighted by Crippen LogP contribution is 2.10. The monoisotopic (exact) mass is 373 g/mol. The quantitative estimate of drug-likeness (QED) is 0.599. The fourth-order valence-electron chi connectivity index (χ4n) is 2.70. The Labute approximate surface area is 159 Å². The molecule has 0 saturated heterocycles. The second-order valence-corrected chi connectivity index (χ2v) is 7.22. The van der Waals surface area contributed by atoms with Gasteiger partial charge in [-0.25, -0.2) is 0 Å². The minimum absolute atomic E-state index is 0.0700. The van der Waals surface area contributed by atoms with E-state index >= 15 is 0 Å². The molecule has 2 unspecified atom stereocenters. The Bertz CT molecular complexity index is 674. The minimum atomic E-state index is -0.636. The molecule has 1 aromatic carbocycles. The number of nitrogens with two attached hydrogens (primary N) is 1. The molecule has 0 aliphatic heterocycles. The minimum Gasteiger partial charge on any atom is -0.350 e. The second-order valence-electron chi connectivity index (χ2n) is 6.28. The van der Waals surface area contributed by atoms with Crippen LogP contribution in [-0.4, -0.2) is 30.4 Å². The van der Waals surface area contributed by atoms with Crippen LogP contribution in [0.15, 0.2) is 47.8 Å². The Morgan fingerprint density at radius 2 is 1.88 bits per heavy atom. The van der Waals surface area contributed by atoms with Crippen molar-refractivity contribution in [3.63, 3.8) is 0 Å². The van der Waals surface area contributed by atoms with E-state index in [2.05, 4.69) is 17.6 Å². The van der Waals surface area contributed by atoms with E-state index in [9.17, 15) is 9.59 Å². The Hall–Kier alpha value is -2.18. The topological polar surface area (TPSA) is 84.2 Å². The standard InChI is InChI=1S/C20H27N3O2S/c1-2-3-10-16(14-21)22-19(24)17(13-15-8-5-4-6-9-15)23-20(25)18-11-7-12-26-18/h4-9,11-12,16-17H,2-3,10,13-14,21H2,1H3,(H,22,24)(H,23,25). The number of amides is 2. The number of unbranched alkanes of at least 4 members (excludes halogenated alkanes) is 1. The maximum absolute atomic E-state index is 12.8. The summed E-state index contributed by atoms with van der Waals surface area (Å²) in [7, 11) is 0. The number of hydrogen-bond donors (Lipinski definition) is 3. The van der Waals surface area contributed by atoms with E-state index in [0.717, 1.165) is 24.8 Å². The van der Waals surface area contributed by atoms with Crippen LogP contribution in [0.3, 0.4) is 0 Å². The van der Waals surface area contributed by atoms with E-state index in [1.54, 1.807) is 6.07 Å². The van der Waals surface area contributed by atoms with Crippen LogP contribution < -0.4 is 16.4 Å². The first-order chi connectivity index (χ1) is 12.6. The zero-order chi connectivity index (χ0) is 18.8. The van der Waals surface area contributed by atoms with E-state index in [1.165, 1.54) is 11.3 Å². The van der Waals surface area contributed by atoms with Crippen molar-refractivity contribution < 1.29 is 9.59 Å². The fourth-order valence-corrected chi connectivity index (χ4v) is 3.32. The maximum Gasteiger partial charge on any atom is 0.262 e. The second kappa shape index (κ2) is 10.7. The van der Waals surface area contributed by atoms with Gasteiger partial charge in [0.2, 0.25) is 5.91 Å². The summed E-state index contributed by atoms with van der Waals surface area (Å²) in [6, 6.07) is 12.6. The van der Waals surface area contributed by atoms with Gasteiger partial charge in [-0.1, -0.05) is 56.2 Å². The molecular weight excluding hydrogens is 346 g/mol. The highest BCUT2D eigenvalue weighted by atomic mass is 32.1. The van der Waals surface area contributed by atoms with Gasteiger partial charge in [-0.15, -0.1) is 11.3 Å². The average molecular weight is 374 g/mol. The zero-order valence-corrected chi connectivity index (χ0v) is 15.9. The van der Waals surface area contributed by atoms with Crippen molar-refractivity contribution >= 4 is 23.2 Å². The summed E-state index contributed by atoms with van der Waals surface area (Å²) in [6.45, 7) is 2.50. The molecule has 0 aliphatic rings. The van der Waals surface area contributed by atoms with Crippen LogP contribution in [-0.2, 0) is 11.2 Å². The lowest BCUT2D eigenvalue weighted by Crippen LogP contribution is -2.52. The number of nitrogens with one attached hydrogen (secondary N) is 2. The van der Waals surface area contributed by atoms with Crippen LogP contribution in [0.25, 0.3) is 0 Å². The van der Waals surface area contributed by atoms with Gasteiger partial charge in [0.1, 0.15) is 6.04 Å². The molecule has 26 heavy (non-hydrogen) atoms. The van der Waals surface area contributed by atoms with Crippen LogP contribution in [0.2, 0.25) is 0 Å². The number of rotatable bonds is 10. The average Bonchev–Trinajstić information content (AvgIpc) is 3.20.